The number of piperidine rings is 1. The monoisotopic (exact) mass is 252 g/mol. The van der Waals surface area contributed by atoms with Crippen molar-refractivity contribution in [1.82, 2.24) is 9.03 Å². The van der Waals surface area contributed by atoms with Gasteiger partial charge in [-0.15, -0.1) is 0 Å². The Morgan fingerprint density at radius 1 is 1.38 bits per heavy atom. The van der Waals surface area contributed by atoms with Crippen LogP contribution in [0.4, 0.5) is 0 Å². The zero-order valence-electron chi connectivity index (χ0n) is 9.55. The van der Waals surface area contributed by atoms with Crippen molar-refractivity contribution < 1.29 is 18.3 Å². The number of hydrogen-bond donors (Lipinski definition) is 2. The molecule has 0 bridgehead atoms. The van der Waals surface area contributed by atoms with Crippen molar-refractivity contribution in [3.8, 4) is 0 Å². The van der Waals surface area contributed by atoms with Crippen LogP contribution in [-0.4, -0.2) is 57.3 Å². The highest BCUT2D eigenvalue weighted by Crippen LogP contribution is 2.11. The first-order chi connectivity index (χ1) is 7.56. The Bertz CT molecular complexity index is 288. The summed E-state index contributed by atoms with van der Waals surface area (Å²) in [5.41, 5.74) is 0. The number of hydrogen-bond acceptors (Lipinski definition) is 4. The molecule has 1 aliphatic rings. The van der Waals surface area contributed by atoms with Crippen LogP contribution in [0.15, 0.2) is 0 Å². The molecule has 16 heavy (non-hydrogen) atoms. The maximum Gasteiger partial charge on any atom is 0.279 e. The standard InChI is InChI=1S/C9H20N2O4S/c1-15-8-9(12)7-10-16(13,14)11-5-3-2-4-6-11/h9-10,12H,2-8H2,1H3. The fraction of sp³-hybridized carbons (Fsp3) is 1.00. The van der Waals surface area contributed by atoms with Crippen LogP contribution < -0.4 is 4.72 Å². The van der Waals surface area contributed by atoms with Gasteiger partial charge in [-0.25, -0.2) is 0 Å². The van der Waals surface area contributed by atoms with Gasteiger partial charge in [0, 0.05) is 26.7 Å². The first-order valence-electron chi connectivity index (χ1n) is 5.48. The molecular weight excluding hydrogens is 232 g/mol. The molecule has 1 atom stereocenters. The second-order valence-corrected chi connectivity index (χ2v) is 5.68. The van der Waals surface area contributed by atoms with Crippen molar-refractivity contribution in [2.45, 2.75) is 25.4 Å². The van der Waals surface area contributed by atoms with Crippen molar-refractivity contribution in [1.29, 1.82) is 0 Å². The Morgan fingerprint density at radius 3 is 2.56 bits per heavy atom. The quantitative estimate of drug-likeness (QED) is 0.656. The van der Waals surface area contributed by atoms with Crippen LogP contribution in [0.5, 0.6) is 0 Å². The third-order valence-electron chi connectivity index (χ3n) is 2.52. The van der Waals surface area contributed by atoms with E-state index in [1.54, 1.807) is 0 Å². The van der Waals surface area contributed by atoms with Crippen molar-refractivity contribution in [2.75, 3.05) is 33.4 Å². The molecule has 1 saturated heterocycles. The van der Waals surface area contributed by atoms with Gasteiger partial charge in [0.15, 0.2) is 0 Å². The zero-order chi connectivity index (χ0) is 12.0. The lowest BCUT2D eigenvalue weighted by molar-refractivity contribution is 0.0676. The Kier molecular flexibility index (Phi) is 5.63. The van der Waals surface area contributed by atoms with Crippen LogP contribution in [0.1, 0.15) is 19.3 Å². The lowest BCUT2D eigenvalue weighted by Gasteiger charge is -2.26. The van der Waals surface area contributed by atoms with Gasteiger partial charge < -0.3 is 9.84 Å². The molecule has 6 nitrogen and oxygen atoms in total. The molecule has 0 aromatic carbocycles. The highest BCUT2D eigenvalue weighted by molar-refractivity contribution is 7.87. The summed E-state index contributed by atoms with van der Waals surface area (Å²) in [6.07, 6.45) is 2.09. The summed E-state index contributed by atoms with van der Waals surface area (Å²) in [5.74, 6) is 0. The van der Waals surface area contributed by atoms with E-state index >= 15 is 0 Å². The molecule has 0 radical (unpaired) electrons. The molecule has 0 aliphatic carbocycles. The summed E-state index contributed by atoms with van der Waals surface area (Å²) in [6.45, 7) is 1.25. The average molecular weight is 252 g/mol. The van der Waals surface area contributed by atoms with Gasteiger partial charge in [-0.2, -0.15) is 17.4 Å². The van der Waals surface area contributed by atoms with E-state index in [4.69, 9.17) is 4.74 Å². The van der Waals surface area contributed by atoms with E-state index in [9.17, 15) is 13.5 Å². The molecule has 0 amide bonds. The average Bonchev–Trinajstić information content (AvgIpc) is 2.28. The molecule has 2 N–H and O–H groups in total. The normalized spacial score (nSPS) is 20.9. The Balaban J connectivity index is 2.38. The number of nitrogens with one attached hydrogen (secondary N) is 1. The molecule has 0 aromatic heterocycles. The summed E-state index contributed by atoms with van der Waals surface area (Å²) in [7, 11) is -1.97. The lowest BCUT2D eigenvalue weighted by atomic mass is 10.2. The SMILES string of the molecule is COCC(O)CNS(=O)(=O)N1CCCCC1. The van der Waals surface area contributed by atoms with Crippen molar-refractivity contribution in [2.24, 2.45) is 0 Å². The second-order valence-electron chi connectivity index (χ2n) is 3.92. The third kappa shape index (κ3) is 4.34. The molecule has 1 rings (SSSR count). The van der Waals surface area contributed by atoms with Gasteiger partial charge in [0.25, 0.3) is 10.2 Å². The van der Waals surface area contributed by atoms with Gasteiger partial charge in [-0.3, -0.25) is 0 Å². The van der Waals surface area contributed by atoms with Crippen molar-refractivity contribution in [3.05, 3.63) is 0 Å². The molecule has 1 unspecified atom stereocenters. The smallest absolute Gasteiger partial charge is 0.279 e. The molecule has 0 spiro atoms. The number of aliphatic hydroxyl groups is 1. The zero-order valence-corrected chi connectivity index (χ0v) is 10.4. The van der Waals surface area contributed by atoms with E-state index in [1.807, 2.05) is 0 Å². The number of ether oxygens (including phenoxy) is 1. The van der Waals surface area contributed by atoms with E-state index in [1.165, 1.54) is 11.4 Å². The van der Waals surface area contributed by atoms with Gasteiger partial charge >= 0.3 is 0 Å². The van der Waals surface area contributed by atoms with E-state index in [0.29, 0.717) is 13.1 Å². The molecule has 0 saturated carbocycles. The molecule has 1 aliphatic heterocycles. The van der Waals surface area contributed by atoms with Gasteiger partial charge in [-0.1, -0.05) is 6.42 Å². The minimum atomic E-state index is -3.43. The maximum atomic E-state index is 11.8. The predicted octanol–water partition coefficient (Wildman–Crippen LogP) is -0.686. The highest BCUT2D eigenvalue weighted by Gasteiger charge is 2.23. The van der Waals surface area contributed by atoms with Crippen molar-refractivity contribution in [3.63, 3.8) is 0 Å². The van der Waals surface area contributed by atoms with Crippen LogP contribution in [0, 0.1) is 0 Å². The minimum Gasteiger partial charge on any atom is -0.389 e. The van der Waals surface area contributed by atoms with Crippen LogP contribution in [0.3, 0.4) is 0 Å². The summed E-state index contributed by atoms with van der Waals surface area (Å²) in [6, 6.07) is 0. The van der Waals surface area contributed by atoms with Crippen LogP contribution in [-0.2, 0) is 14.9 Å². The maximum absolute atomic E-state index is 11.8. The van der Waals surface area contributed by atoms with Crippen LogP contribution in [0.25, 0.3) is 0 Å². The van der Waals surface area contributed by atoms with E-state index in [0.717, 1.165) is 19.3 Å². The van der Waals surface area contributed by atoms with Gasteiger partial charge in [0.1, 0.15) is 0 Å². The summed E-state index contributed by atoms with van der Waals surface area (Å²) < 4.78 is 32.0. The summed E-state index contributed by atoms with van der Waals surface area (Å²) in [4.78, 5) is 0. The fourth-order valence-electron chi connectivity index (χ4n) is 1.65. The number of methoxy groups -OCH3 is 1. The van der Waals surface area contributed by atoms with Crippen molar-refractivity contribution >= 4 is 10.2 Å². The third-order valence-corrected chi connectivity index (χ3v) is 4.09. The topological polar surface area (TPSA) is 78.9 Å². The molecule has 1 heterocycles. The largest absolute Gasteiger partial charge is 0.389 e. The molecule has 7 heteroatoms. The predicted molar refractivity (Wildman–Crippen MR) is 60.2 cm³/mol. The Morgan fingerprint density at radius 2 is 2.00 bits per heavy atom. The van der Waals surface area contributed by atoms with Crippen LogP contribution >= 0.6 is 0 Å². The fourth-order valence-corrected chi connectivity index (χ4v) is 2.97. The van der Waals surface area contributed by atoms with E-state index in [-0.39, 0.29) is 13.2 Å². The first kappa shape index (κ1) is 13.9. The minimum absolute atomic E-state index is 0.00727. The van der Waals surface area contributed by atoms with E-state index in [2.05, 4.69) is 4.72 Å². The highest BCUT2D eigenvalue weighted by atomic mass is 32.2. The van der Waals surface area contributed by atoms with Gasteiger partial charge in [0.05, 0.1) is 12.7 Å². The Labute approximate surface area is 96.8 Å². The summed E-state index contributed by atoms with van der Waals surface area (Å²) >= 11 is 0. The molecule has 0 aromatic rings. The number of nitrogens with zero attached hydrogens (tertiary/aromatic N) is 1. The number of rotatable bonds is 6. The van der Waals surface area contributed by atoms with Gasteiger partial charge in [-0.05, 0) is 12.8 Å². The molecule has 96 valence electrons. The second kappa shape index (κ2) is 6.51. The Hall–Kier alpha value is -0.210. The number of aliphatic hydroxyl groups excluding tert-OH is 1. The summed E-state index contributed by atoms with van der Waals surface area (Å²) in [5, 5.41) is 9.34. The first-order valence-corrected chi connectivity index (χ1v) is 6.92. The van der Waals surface area contributed by atoms with Gasteiger partial charge in [0.2, 0.25) is 0 Å². The van der Waals surface area contributed by atoms with E-state index < -0.39 is 16.3 Å². The molecule has 1 fully saturated rings. The van der Waals surface area contributed by atoms with Crippen LogP contribution in [0.2, 0.25) is 0 Å². The molecular formula is C9H20N2O4S. The lowest BCUT2D eigenvalue weighted by Crippen LogP contribution is -2.46.